The van der Waals surface area contributed by atoms with Gasteiger partial charge in [0.2, 0.25) is 0 Å². The van der Waals surface area contributed by atoms with E-state index in [0.29, 0.717) is 5.82 Å². The Hall–Kier alpha value is -1.84. The van der Waals surface area contributed by atoms with Crippen LogP contribution in [0.25, 0.3) is 5.69 Å². The third kappa shape index (κ3) is 1.46. The molecular weight excluding hydrogens is 181 g/mol. The number of halogens is 1. The molecule has 1 heterocycles. The molecule has 0 fully saturated rings. The highest BCUT2D eigenvalue weighted by Crippen LogP contribution is 2.15. The van der Waals surface area contributed by atoms with Crippen LogP contribution in [0.2, 0.25) is 0 Å². The number of nitrogens with two attached hydrogens (primary N) is 1. The second-order valence-electron chi connectivity index (χ2n) is 3.14. The molecule has 0 aliphatic heterocycles. The van der Waals surface area contributed by atoms with Gasteiger partial charge in [-0.05, 0) is 30.7 Å². The lowest BCUT2D eigenvalue weighted by Gasteiger charge is -2.05. The summed E-state index contributed by atoms with van der Waals surface area (Å²) in [5, 5.41) is 0. The Labute approximate surface area is 81.0 Å². The summed E-state index contributed by atoms with van der Waals surface area (Å²) in [6.07, 6.45) is 3.30. The monoisotopic (exact) mass is 191 g/mol. The molecule has 0 spiro atoms. The van der Waals surface area contributed by atoms with Crippen molar-refractivity contribution in [2.75, 3.05) is 5.73 Å². The Morgan fingerprint density at radius 3 is 2.79 bits per heavy atom. The summed E-state index contributed by atoms with van der Waals surface area (Å²) in [6.45, 7) is 1.84. The van der Waals surface area contributed by atoms with Crippen molar-refractivity contribution in [3.8, 4) is 5.69 Å². The van der Waals surface area contributed by atoms with E-state index >= 15 is 0 Å². The first-order valence-electron chi connectivity index (χ1n) is 4.23. The second-order valence-corrected chi connectivity index (χ2v) is 3.14. The minimum atomic E-state index is -0.237. The van der Waals surface area contributed by atoms with Crippen molar-refractivity contribution >= 4 is 5.82 Å². The zero-order chi connectivity index (χ0) is 10.1. The van der Waals surface area contributed by atoms with Crippen molar-refractivity contribution < 1.29 is 4.39 Å². The molecule has 0 unspecified atom stereocenters. The molecule has 4 heteroatoms. The third-order valence-corrected chi connectivity index (χ3v) is 2.04. The van der Waals surface area contributed by atoms with Crippen LogP contribution in [-0.4, -0.2) is 9.55 Å². The first kappa shape index (κ1) is 8.74. The normalized spacial score (nSPS) is 10.4. The summed E-state index contributed by atoms with van der Waals surface area (Å²) in [5.41, 5.74) is 7.22. The van der Waals surface area contributed by atoms with Crippen molar-refractivity contribution in [3.63, 3.8) is 0 Å². The first-order valence-corrected chi connectivity index (χ1v) is 4.23. The van der Waals surface area contributed by atoms with Gasteiger partial charge >= 0.3 is 0 Å². The van der Waals surface area contributed by atoms with Crippen molar-refractivity contribution in [2.45, 2.75) is 6.92 Å². The number of rotatable bonds is 1. The Kier molecular flexibility index (Phi) is 1.96. The number of aryl methyl sites for hydroxylation is 1. The van der Waals surface area contributed by atoms with E-state index in [-0.39, 0.29) is 5.82 Å². The van der Waals surface area contributed by atoms with Crippen LogP contribution in [0, 0.1) is 12.7 Å². The van der Waals surface area contributed by atoms with Gasteiger partial charge in [-0.1, -0.05) is 0 Å². The van der Waals surface area contributed by atoms with Crippen molar-refractivity contribution in [3.05, 3.63) is 42.1 Å². The van der Waals surface area contributed by atoms with E-state index in [9.17, 15) is 4.39 Å². The number of nitrogen functional groups attached to an aromatic ring is 1. The van der Waals surface area contributed by atoms with E-state index in [4.69, 9.17) is 5.73 Å². The molecule has 1 aromatic heterocycles. The average Bonchev–Trinajstić information content (AvgIpc) is 2.51. The maximum absolute atomic E-state index is 12.8. The average molecular weight is 191 g/mol. The number of hydrogen-bond donors (Lipinski definition) is 1. The predicted molar refractivity (Wildman–Crippen MR) is 52.7 cm³/mol. The zero-order valence-electron chi connectivity index (χ0n) is 7.74. The topological polar surface area (TPSA) is 43.8 Å². The van der Waals surface area contributed by atoms with Gasteiger partial charge < -0.3 is 10.3 Å². The maximum Gasteiger partial charge on any atom is 0.141 e. The molecule has 3 nitrogen and oxygen atoms in total. The van der Waals surface area contributed by atoms with Crippen LogP contribution in [0.1, 0.15) is 5.56 Å². The van der Waals surface area contributed by atoms with Crippen LogP contribution in [-0.2, 0) is 0 Å². The van der Waals surface area contributed by atoms with Gasteiger partial charge in [0.15, 0.2) is 0 Å². The molecule has 0 bridgehead atoms. The van der Waals surface area contributed by atoms with Gasteiger partial charge in [0.05, 0.1) is 6.20 Å². The van der Waals surface area contributed by atoms with Crippen molar-refractivity contribution in [2.24, 2.45) is 0 Å². The highest BCUT2D eigenvalue weighted by molar-refractivity contribution is 5.42. The highest BCUT2D eigenvalue weighted by Gasteiger charge is 2.02. The number of imidazole rings is 1. The van der Waals surface area contributed by atoms with Gasteiger partial charge in [0.1, 0.15) is 18.0 Å². The molecule has 0 aliphatic rings. The van der Waals surface area contributed by atoms with Crippen LogP contribution in [0.5, 0.6) is 0 Å². The van der Waals surface area contributed by atoms with Crippen LogP contribution in [0.15, 0.2) is 30.7 Å². The molecule has 2 aromatic rings. The second kappa shape index (κ2) is 3.14. The Balaban J connectivity index is 2.52. The fraction of sp³-hybridized carbons (Fsp3) is 0.100. The molecule has 2 N–H and O–H groups in total. The number of anilines is 1. The fourth-order valence-corrected chi connectivity index (χ4v) is 1.38. The molecule has 0 saturated heterocycles. The van der Waals surface area contributed by atoms with E-state index in [0.717, 1.165) is 11.3 Å². The largest absolute Gasteiger partial charge is 0.382 e. The van der Waals surface area contributed by atoms with Gasteiger partial charge in [0.25, 0.3) is 0 Å². The lowest BCUT2D eigenvalue weighted by Crippen LogP contribution is -1.94. The standard InChI is InChI=1S/C10H10FN3/c1-7-4-8(11)2-3-9(7)14-5-10(12)13-6-14/h2-6H,12H2,1H3. The van der Waals surface area contributed by atoms with Crippen LogP contribution < -0.4 is 5.73 Å². The number of hydrogen-bond acceptors (Lipinski definition) is 2. The summed E-state index contributed by atoms with van der Waals surface area (Å²) >= 11 is 0. The molecule has 0 atom stereocenters. The maximum atomic E-state index is 12.8. The minimum absolute atomic E-state index is 0.237. The Bertz CT molecular complexity index is 462. The minimum Gasteiger partial charge on any atom is -0.382 e. The van der Waals surface area contributed by atoms with Crippen LogP contribution >= 0.6 is 0 Å². The first-order chi connectivity index (χ1) is 6.66. The molecule has 14 heavy (non-hydrogen) atoms. The molecular formula is C10H10FN3. The summed E-state index contributed by atoms with van der Waals surface area (Å²) < 4.78 is 14.6. The zero-order valence-corrected chi connectivity index (χ0v) is 7.74. The van der Waals surface area contributed by atoms with Crippen molar-refractivity contribution in [1.29, 1.82) is 0 Å². The predicted octanol–water partition coefficient (Wildman–Crippen LogP) is 1.90. The van der Waals surface area contributed by atoms with Crippen LogP contribution in [0.4, 0.5) is 10.2 Å². The summed E-state index contributed by atoms with van der Waals surface area (Å²) in [6, 6.07) is 4.59. The van der Waals surface area contributed by atoms with Crippen molar-refractivity contribution in [1.82, 2.24) is 9.55 Å². The Morgan fingerprint density at radius 2 is 2.21 bits per heavy atom. The van der Waals surface area contributed by atoms with Gasteiger partial charge in [0, 0.05) is 5.69 Å². The summed E-state index contributed by atoms with van der Waals surface area (Å²) in [4.78, 5) is 3.90. The van der Waals surface area contributed by atoms with E-state index in [1.807, 2.05) is 6.92 Å². The molecule has 0 radical (unpaired) electrons. The third-order valence-electron chi connectivity index (χ3n) is 2.04. The van der Waals surface area contributed by atoms with Crippen LogP contribution in [0.3, 0.4) is 0 Å². The SMILES string of the molecule is Cc1cc(F)ccc1-n1cnc(N)c1. The highest BCUT2D eigenvalue weighted by atomic mass is 19.1. The number of aromatic nitrogens is 2. The molecule has 0 saturated carbocycles. The molecule has 1 aromatic carbocycles. The van der Waals surface area contributed by atoms with E-state index in [1.165, 1.54) is 12.1 Å². The fourth-order valence-electron chi connectivity index (χ4n) is 1.38. The lowest BCUT2D eigenvalue weighted by atomic mass is 10.2. The Morgan fingerprint density at radius 1 is 1.43 bits per heavy atom. The van der Waals surface area contributed by atoms with Gasteiger partial charge in [-0.2, -0.15) is 0 Å². The summed E-state index contributed by atoms with van der Waals surface area (Å²) in [7, 11) is 0. The number of benzene rings is 1. The molecule has 72 valence electrons. The smallest absolute Gasteiger partial charge is 0.141 e. The van der Waals surface area contributed by atoms with Gasteiger partial charge in [-0.3, -0.25) is 0 Å². The van der Waals surface area contributed by atoms with Gasteiger partial charge in [-0.25, -0.2) is 9.37 Å². The van der Waals surface area contributed by atoms with Gasteiger partial charge in [-0.15, -0.1) is 0 Å². The molecule has 0 amide bonds. The lowest BCUT2D eigenvalue weighted by molar-refractivity contribution is 0.626. The van der Waals surface area contributed by atoms with E-state index in [2.05, 4.69) is 4.98 Å². The van der Waals surface area contributed by atoms with E-state index < -0.39 is 0 Å². The van der Waals surface area contributed by atoms with E-state index in [1.54, 1.807) is 23.2 Å². The summed E-state index contributed by atoms with van der Waals surface area (Å²) in [5.74, 6) is 0.216. The molecule has 0 aliphatic carbocycles. The number of nitrogens with zero attached hydrogens (tertiary/aromatic N) is 2. The quantitative estimate of drug-likeness (QED) is 0.748. The molecule has 2 rings (SSSR count).